The first kappa shape index (κ1) is 16.5. The average Bonchev–Trinajstić information content (AvgIpc) is 3.13. The van der Waals surface area contributed by atoms with E-state index >= 15 is 0 Å². The van der Waals surface area contributed by atoms with Crippen LogP contribution in [0.2, 0.25) is 0 Å². The number of carbonyl (C=O) groups excluding carboxylic acids is 1. The summed E-state index contributed by atoms with van der Waals surface area (Å²) in [6, 6.07) is 14.2. The Morgan fingerprint density at radius 3 is 2.92 bits per heavy atom. The van der Waals surface area contributed by atoms with Crippen molar-refractivity contribution in [1.82, 2.24) is 14.1 Å². The SMILES string of the molecule is Cc1ccc(Cn2ccccc2=NC(=O)[C@@H]2CCn3cncc3C2)cc1. The third-order valence-corrected chi connectivity index (χ3v) is 4.94. The summed E-state index contributed by atoms with van der Waals surface area (Å²) in [4.78, 5) is 21.4. The molecule has 0 bridgehead atoms. The maximum absolute atomic E-state index is 12.7. The van der Waals surface area contributed by atoms with Gasteiger partial charge in [0.2, 0.25) is 0 Å². The van der Waals surface area contributed by atoms with Crippen molar-refractivity contribution in [3.63, 3.8) is 0 Å². The molecule has 5 heteroatoms. The minimum Gasteiger partial charge on any atom is -0.335 e. The summed E-state index contributed by atoms with van der Waals surface area (Å²) in [5.74, 6) is -0.103. The van der Waals surface area contributed by atoms with Crippen LogP contribution in [0.3, 0.4) is 0 Å². The van der Waals surface area contributed by atoms with Crippen LogP contribution in [0.4, 0.5) is 0 Å². The molecular formula is C21H22N4O. The quantitative estimate of drug-likeness (QED) is 0.732. The van der Waals surface area contributed by atoms with Crippen LogP contribution in [0.15, 0.2) is 66.2 Å². The maximum Gasteiger partial charge on any atom is 0.251 e. The van der Waals surface area contributed by atoms with Crippen LogP contribution in [0.25, 0.3) is 0 Å². The van der Waals surface area contributed by atoms with Crippen LogP contribution in [0.1, 0.15) is 23.2 Å². The highest BCUT2D eigenvalue weighted by atomic mass is 16.1. The normalized spacial score (nSPS) is 17.1. The van der Waals surface area contributed by atoms with Crippen molar-refractivity contribution < 1.29 is 4.79 Å². The summed E-state index contributed by atoms with van der Waals surface area (Å²) in [5.41, 5.74) is 4.25. The van der Waals surface area contributed by atoms with Gasteiger partial charge in [-0.25, -0.2) is 4.98 Å². The number of hydrogen-bond donors (Lipinski definition) is 0. The number of aromatic nitrogens is 3. The molecule has 0 aliphatic carbocycles. The van der Waals surface area contributed by atoms with E-state index < -0.39 is 0 Å². The highest BCUT2D eigenvalue weighted by molar-refractivity contribution is 5.79. The highest BCUT2D eigenvalue weighted by Crippen LogP contribution is 2.20. The predicted octanol–water partition coefficient (Wildman–Crippen LogP) is 2.73. The highest BCUT2D eigenvalue weighted by Gasteiger charge is 2.24. The molecule has 3 aromatic rings. The summed E-state index contributed by atoms with van der Waals surface area (Å²) in [6.45, 7) is 3.61. The van der Waals surface area contributed by atoms with Crippen LogP contribution < -0.4 is 5.49 Å². The molecule has 0 unspecified atom stereocenters. The number of hydrogen-bond acceptors (Lipinski definition) is 2. The number of nitrogens with zero attached hydrogens (tertiary/aromatic N) is 4. The molecule has 0 fully saturated rings. The van der Waals surface area contributed by atoms with Gasteiger partial charge in [0.05, 0.1) is 6.33 Å². The molecule has 0 saturated heterocycles. The number of fused-ring (bicyclic) bond motifs is 1. The molecule has 1 atom stereocenters. The van der Waals surface area contributed by atoms with Crippen molar-refractivity contribution in [1.29, 1.82) is 0 Å². The van der Waals surface area contributed by atoms with Crippen LogP contribution in [0, 0.1) is 12.8 Å². The van der Waals surface area contributed by atoms with E-state index in [1.54, 1.807) is 0 Å². The first-order valence-electron chi connectivity index (χ1n) is 8.97. The van der Waals surface area contributed by atoms with Crippen molar-refractivity contribution in [3.05, 3.63) is 83.5 Å². The second kappa shape index (κ2) is 7.12. The first-order valence-corrected chi connectivity index (χ1v) is 8.97. The van der Waals surface area contributed by atoms with E-state index in [1.807, 2.05) is 41.5 Å². The molecule has 2 aromatic heterocycles. The largest absolute Gasteiger partial charge is 0.335 e. The third-order valence-electron chi connectivity index (χ3n) is 4.94. The summed E-state index contributed by atoms with van der Waals surface area (Å²) < 4.78 is 4.14. The zero-order chi connectivity index (χ0) is 17.9. The second-order valence-corrected chi connectivity index (χ2v) is 6.89. The Labute approximate surface area is 152 Å². The van der Waals surface area contributed by atoms with Gasteiger partial charge in [-0.15, -0.1) is 0 Å². The summed E-state index contributed by atoms with van der Waals surface area (Å²) >= 11 is 0. The Hall–Kier alpha value is -2.95. The zero-order valence-corrected chi connectivity index (χ0v) is 14.9. The average molecular weight is 346 g/mol. The van der Waals surface area contributed by atoms with Crippen LogP contribution in [-0.2, 0) is 24.3 Å². The lowest BCUT2D eigenvalue weighted by atomic mass is 9.96. The smallest absolute Gasteiger partial charge is 0.251 e. The number of aryl methyl sites for hydroxylation is 2. The lowest BCUT2D eigenvalue weighted by molar-refractivity contribution is -0.122. The summed E-state index contributed by atoms with van der Waals surface area (Å²) in [5, 5.41) is 0. The summed E-state index contributed by atoms with van der Waals surface area (Å²) in [7, 11) is 0. The lowest BCUT2D eigenvalue weighted by Crippen LogP contribution is -2.28. The number of pyridine rings is 1. The zero-order valence-electron chi connectivity index (χ0n) is 14.9. The fraction of sp³-hybridized carbons (Fsp3) is 0.286. The van der Waals surface area contributed by atoms with E-state index in [2.05, 4.69) is 45.7 Å². The van der Waals surface area contributed by atoms with Crippen LogP contribution in [0.5, 0.6) is 0 Å². The molecular weight excluding hydrogens is 324 g/mol. The third kappa shape index (κ3) is 3.52. The fourth-order valence-electron chi connectivity index (χ4n) is 3.38. The van der Waals surface area contributed by atoms with E-state index in [0.717, 1.165) is 18.7 Å². The maximum atomic E-state index is 12.7. The van der Waals surface area contributed by atoms with Gasteiger partial charge in [0.15, 0.2) is 0 Å². The van der Waals surface area contributed by atoms with Crippen molar-refractivity contribution in [3.8, 4) is 0 Å². The number of amides is 1. The van der Waals surface area contributed by atoms with Gasteiger partial charge in [-0.1, -0.05) is 35.9 Å². The molecule has 132 valence electrons. The molecule has 0 radical (unpaired) electrons. The van der Waals surface area contributed by atoms with Crippen molar-refractivity contribution in [2.75, 3.05) is 0 Å². The molecule has 0 N–H and O–H groups in total. The Bertz CT molecular complexity index is 982. The topological polar surface area (TPSA) is 52.2 Å². The Balaban J connectivity index is 1.57. The standard InChI is InChI=1S/C21H22N4O/c1-16-5-7-17(8-6-16)14-24-10-3-2-4-20(24)23-21(26)18-9-11-25-15-22-13-19(25)12-18/h2-8,10,13,15,18H,9,11-12,14H2,1H3/t18-/m1/s1. The number of imidazole rings is 1. The van der Waals surface area contributed by atoms with Crippen molar-refractivity contribution in [2.45, 2.75) is 32.9 Å². The van der Waals surface area contributed by atoms with Gasteiger partial charge in [0, 0.05) is 43.5 Å². The number of benzene rings is 1. The molecule has 1 amide bonds. The molecule has 1 aromatic carbocycles. The Morgan fingerprint density at radius 2 is 2.08 bits per heavy atom. The molecule has 3 heterocycles. The van der Waals surface area contributed by atoms with Crippen molar-refractivity contribution >= 4 is 5.91 Å². The number of rotatable bonds is 3. The van der Waals surface area contributed by atoms with E-state index in [1.165, 1.54) is 11.1 Å². The minimum absolute atomic E-state index is 0.0405. The second-order valence-electron chi connectivity index (χ2n) is 6.89. The number of carbonyl (C=O) groups is 1. The predicted molar refractivity (Wildman–Crippen MR) is 99.3 cm³/mol. The molecule has 4 rings (SSSR count). The van der Waals surface area contributed by atoms with Gasteiger partial charge >= 0.3 is 0 Å². The molecule has 0 spiro atoms. The van der Waals surface area contributed by atoms with Crippen molar-refractivity contribution in [2.24, 2.45) is 10.9 Å². The summed E-state index contributed by atoms with van der Waals surface area (Å²) in [6.07, 6.45) is 7.19. The van der Waals surface area contributed by atoms with Gasteiger partial charge in [-0.05, 0) is 31.0 Å². The fourth-order valence-corrected chi connectivity index (χ4v) is 3.38. The van der Waals surface area contributed by atoms with E-state index in [-0.39, 0.29) is 11.8 Å². The lowest BCUT2D eigenvalue weighted by Gasteiger charge is -2.20. The van der Waals surface area contributed by atoms with Gasteiger partial charge in [-0.2, -0.15) is 4.99 Å². The molecule has 1 aliphatic heterocycles. The van der Waals surface area contributed by atoms with Crippen LogP contribution >= 0.6 is 0 Å². The Morgan fingerprint density at radius 1 is 1.23 bits per heavy atom. The minimum atomic E-state index is -0.0627. The molecule has 1 aliphatic rings. The van der Waals surface area contributed by atoms with Gasteiger partial charge < -0.3 is 9.13 Å². The molecule has 26 heavy (non-hydrogen) atoms. The van der Waals surface area contributed by atoms with E-state index in [9.17, 15) is 4.79 Å². The molecule has 5 nitrogen and oxygen atoms in total. The van der Waals surface area contributed by atoms with Gasteiger partial charge in [0.25, 0.3) is 5.91 Å². The monoisotopic (exact) mass is 346 g/mol. The first-order chi connectivity index (χ1) is 12.7. The van der Waals surface area contributed by atoms with Crippen LogP contribution in [-0.4, -0.2) is 20.0 Å². The van der Waals surface area contributed by atoms with Gasteiger partial charge in [0.1, 0.15) is 5.49 Å². The van der Waals surface area contributed by atoms with E-state index in [0.29, 0.717) is 18.5 Å². The Kier molecular flexibility index (Phi) is 4.52. The molecule has 0 saturated carbocycles. The van der Waals surface area contributed by atoms with Gasteiger partial charge in [-0.3, -0.25) is 4.79 Å². The van der Waals surface area contributed by atoms with E-state index in [4.69, 9.17) is 0 Å².